The largest absolute Gasteiger partial charge is 0.424 e. The first-order valence-corrected chi connectivity index (χ1v) is 6.61. The molecule has 0 aromatic heterocycles. The molecule has 0 radical (unpaired) electrons. The van der Waals surface area contributed by atoms with E-state index >= 15 is 0 Å². The van der Waals surface area contributed by atoms with Crippen LogP contribution in [-0.4, -0.2) is 40.9 Å². The number of rotatable bonds is 2. The van der Waals surface area contributed by atoms with E-state index in [2.05, 4.69) is 16.1 Å². The Labute approximate surface area is 118 Å². The van der Waals surface area contributed by atoms with Gasteiger partial charge in [-0.15, -0.1) is 5.10 Å². The van der Waals surface area contributed by atoms with E-state index in [1.54, 1.807) is 31.1 Å². The van der Waals surface area contributed by atoms with Crippen molar-refractivity contribution in [3.8, 4) is 6.07 Å². The van der Waals surface area contributed by atoms with Crippen LogP contribution in [0.5, 0.6) is 0 Å². The first-order valence-electron chi connectivity index (χ1n) is 6.20. The number of hydrazone groups is 1. The summed E-state index contributed by atoms with van der Waals surface area (Å²) >= 11 is 5.35. The number of hydrogen-bond acceptors (Lipinski definition) is 5. The predicted molar refractivity (Wildman–Crippen MR) is 77.1 cm³/mol. The molecular formula is C13H16N4OS. The quantitative estimate of drug-likeness (QED) is 0.438. The van der Waals surface area contributed by atoms with E-state index in [4.69, 9.17) is 17.0 Å². The van der Waals surface area contributed by atoms with E-state index < -0.39 is 0 Å². The Balaban J connectivity index is 2.10. The number of ether oxygens (including phenoxy) is 1. The molecule has 0 amide bonds. The highest BCUT2D eigenvalue weighted by Gasteiger charge is 2.18. The van der Waals surface area contributed by atoms with Crippen molar-refractivity contribution in [1.29, 1.82) is 5.26 Å². The lowest BCUT2D eigenvalue weighted by Gasteiger charge is -2.17. The van der Waals surface area contributed by atoms with Gasteiger partial charge in [0.25, 0.3) is 0 Å². The Bertz CT molecular complexity index is 509. The van der Waals surface area contributed by atoms with E-state index in [9.17, 15) is 5.26 Å². The molecule has 100 valence electrons. The van der Waals surface area contributed by atoms with E-state index in [-0.39, 0.29) is 0 Å². The smallest absolute Gasteiger partial charge is 0.217 e. The van der Waals surface area contributed by atoms with Gasteiger partial charge in [-0.2, -0.15) is 5.26 Å². The van der Waals surface area contributed by atoms with Gasteiger partial charge >= 0.3 is 0 Å². The molecule has 0 spiro atoms. The van der Waals surface area contributed by atoms with Gasteiger partial charge in [-0.05, 0) is 18.9 Å². The molecule has 0 unspecified atom stereocenters. The number of nitriles is 1. The number of likely N-dealkylation sites (tertiary alicyclic amines) is 1. The van der Waals surface area contributed by atoms with Crippen molar-refractivity contribution in [1.82, 2.24) is 9.91 Å². The highest BCUT2D eigenvalue weighted by molar-refractivity contribution is 7.80. The molecule has 2 aliphatic heterocycles. The lowest BCUT2D eigenvalue weighted by Crippen LogP contribution is -2.27. The monoisotopic (exact) mass is 276 g/mol. The highest BCUT2D eigenvalue weighted by Crippen LogP contribution is 2.16. The minimum absolute atomic E-state index is 0.492. The second-order valence-corrected chi connectivity index (χ2v) is 4.83. The summed E-state index contributed by atoms with van der Waals surface area (Å²) < 4.78 is 5.40. The summed E-state index contributed by atoms with van der Waals surface area (Å²) in [5.74, 6) is 1.18. The van der Waals surface area contributed by atoms with Gasteiger partial charge in [-0.3, -0.25) is 0 Å². The molecule has 6 heteroatoms. The third kappa shape index (κ3) is 3.12. The minimum atomic E-state index is 0.492. The topological polar surface area (TPSA) is 51.9 Å². The van der Waals surface area contributed by atoms with E-state index in [1.807, 2.05) is 0 Å². The van der Waals surface area contributed by atoms with Crippen LogP contribution in [0, 0.1) is 11.3 Å². The van der Waals surface area contributed by atoms with Crippen LogP contribution in [0.1, 0.15) is 19.8 Å². The molecule has 1 saturated heterocycles. The minimum Gasteiger partial charge on any atom is -0.424 e. The SMILES string of the molecule is CC1=NN(C)/C(=C\C=C(/C#N)C(=S)N2CCCC2)O1. The van der Waals surface area contributed by atoms with Crippen LogP contribution in [0.2, 0.25) is 0 Å². The maximum Gasteiger partial charge on any atom is 0.217 e. The molecule has 0 aliphatic carbocycles. The molecule has 2 rings (SSSR count). The Morgan fingerprint density at radius 1 is 1.47 bits per heavy atom. The summed E-state index contributed by atoms with van der Waals surface area (Å²) in [6, 6.07) is 2.15. The molecule has 0 atom stereocenters. The van der Waals surface area contributed by atoms with Crippen LogP contribution in [0.3, 0.4) is 0 Å². The summed E-state index contributed by atoms with van der Waals surface area (Å²) in [7, 11) is 1.79. The maximum absolute atomic E-state index is 9.20. The molecule has 0 N–H and O–H groups in total. The van der Waals surface area contributed by atoms with Crippen molar-refractivity contribution < 1.29 is 4.74 Å². The fourth-order valence-electron chi connectivity index (χ4n) is 2.04. The third-order valence-electron chi connectivity index (χ3n) is 3.00. The fourth-order valence-corrected chi connectivity index (χ4v) is 2.34. The van der Waals surface area contributed by atoms with Crippen LogP contribution in [0.4, 0.5) is 0 Å². The number of allylic oxidation sites excluding steroid dienone is 2. The average molecular weight is 276 g/mol. The standard InChI is InChI=1S/C13H16N4OS/c1-10-15-16(2)12(18-10)6-5-11(9-14)13(19)17-7-3-4-8-17/h5-6H,3-4,7-8H2,1-2H3/b11-5+,12-6+. The summed E-state index contributed by atoms with van der Waals surface area (Å²) in [4.78, 5) is 2.69. The second kappa shape index (κ2) is 5.85. The molecule has 19 heavy (non-hydrogen) atoms. The number of hydrogen-bond donors (Lipinski definition) is 0. The fraction of sp³-hybridized carbons (Fsp3) is 0.462. The van der Waals surface area contributed by atoms with Crippen LogP contribution >= 0.6 is 12.2 Å². The van der Waals surface area contributed by atoms with Gasteiger partial charge < -0.3 is 9.64 Å². The van der Waals surface area contributed by atoms with Gasteiger partial charge in [0, 0.05) is 33.1 Å². The third-order valence-corrected chi connectivity index (χ3v) is 3.48. The van der Waals surface area contributed by atoms with E-state index in [1.165, 1.54) is 0 Å². The molecule has 0 saturated carbocycles. The molecular weight excluding hydrogens is 260 g/mol. The Hall–Kier alpha value is -1.87. The Morgan fingerprint density at radius 2 is 2.16 bits per heavy atom. The van der Waals surface area contributed by atoms with Crippen molar-refractivity contribution in [3.05, 3.63) is 23.6 Å². The predicted octanol–water partition coefficient (Wildman–Crippen LogP) is 2.00. The normalized spacial score (nSPS) is 21.4. The Kier molecular flexibility index (Phi) is 4.17. The van der Waals surface area contributed by atoms with Crippen molar-refractivity contribution in [3.63, 3.8) is 0 Å². The van der Waals surface area contributed by atoms with Crippen molar-refractivity contribution in [2.24, 2.45) is 5.10 Å². The van der Waals surface area contributed by atoms with Crippen LogP contribution < -0.4 is 0 Å². The summed E-state index contributed by atoms with van der Waals surface area (Å²) in [5.41, 5.74) is 0.492. The van der Waals surface area contributed by atoms with Gasteiger partial charge in [0.05, 0.1) is 5.57 Å². The molecule has 5 nitrogen and oxygen atoms in total. The van der Waals surface area contributed by atoms with Gasteiger partial charge in [0.15, 0.2) is 0 Å². The zero-order chi connectivity index (χ0) is 13.8. The van der Waals surface area contributed by atoms with Crippen molar-refractivity contribution in [2.75, 3.05) is 20.1 Å². The van der Waals surface area contributed by atoms with Gasteiger partial charge in [-0.25, -0.2) is 5.01 Å². The van der Waals surface area contributed by atoms with E-state index in [0.29, 0.717) is 22.3 Å². The molecule has 2 heterocycles. The van der Waals surface area contributed by atoms with Crippen LogP contribution in [0.15, 0.2) is 28.7 Å². The van der Waals surface area contributed by atoms with Gasteiger partial charge in [-0.1, -0.05) is 12.2 Å². The zero-order valence-electron chi connectivity index (χ0n) is 11.1. The maximum atomic E-state index is 9.20. The first kappa shape index (κ1) is 13.6. The molecule has 1 fully saturated rings. The highest BCUT2D eigenvalue weighted by atomic mass is 32.1. The molecule has 0 bridgehead atoms. The van der Waals surface area contributed by atoms with Crippen molar-refractivity contribution >= 4 is 23.1 Å². The van der Waals surface area contributed by atoms with Gasteiger partial charge in [0.1, 0.15) is 11.1 Å². The molecule has 2 aliphatic rings. The summed E-state index contributed by atoms with van der Waals surface area (Å²) in [5, 5.41) is 14.9. The van der Waals surface area contributed by atoms with Crippen LogP contribution in [0.25, 0.3) is 0 Å². The number of thiocarbonyl (C=S) groups is 1. The summed E-state index contributed by atoms with van der Waals surface area (Å²) in [6.07, 6.45) is 5.69. The first-order chi connectivity index (χ1) is 9.11. The van der Waals surface area contributed by atoms with Gasteiger partial charge in [0.2, 0.25) is 11.8 Å². The average Bonchev–Trinajstić information content (AvgIpc) is 3.00. The summed E-state index contributed by atoms with van der Waals surface area (Å²) in [6.45, 7) is 3.65. The van der Waals surface area contributed by atoms with Crippen LogP contribution in [-0.2, 0) is 4.74 Å². The van der Waals surface area contributed by atoms with Crippen molar-refractivity contribution in [2.45, 2.75) is 19.8 Å². The number of nitrogens with zero attached hydrogens (tertiary/aromatic N) is 4. The lowest BCUT2D eigenvalue weighted by atomic mass is 10.2. The zero-order valence-corrected chi connectivity index (χ0v) is 11.9. The Morgan fingerprint density at radius 3 is 2.68 bits per heavy atom. The lowest BCUT2D eigenvalue weighted by molar-refractivity contribution is 0.304. The molecule has 0 aromatic rings. The molecule has 0 aromatic carbocycles. The van der Waals surface area contributed by atoms with E-state index in [0.717, 1.165) is 25.9 Å². The second-order valence-electron chi connectivity index (χ2n) is 4.44.